The molecule has 18 heavy (non-hydrogen) atoms. The third-order valence-electron chi connectivity index (χ3n) is 2.46. The van der Waals surface area contributed by atoms with E-state index in [2.05, 4.69) is 4.72 Å². The molecule has 0 aromatic heterocycles. The van der Waals surface area contributed by atoms with Crippen LogP contribution in [0.15, 0.2) is 18.2 Å². The quantitative estimate of drug-likeness (QED) is 0.782. The van der Waals surface area contributed by atoms with Gasteiger partial charge in [0.2, 0.25) is 0 Å². The SMILES string of the molecule is CCN(CC)S(=O)(=O)Nc1ccc(C#N)cc1N. The normalized spacial score (nSPS) is 11.2. The molecule has 3 N–H and O–H groups in total. The van der Waals surface area contributed by atoms with Crippen molar-refractivity contribution in [2.75, 3.05) is 23.5 Å². The van der Waals surface area contributed by atoms with E-state index >= 15 is 0 Å². The van der Waals surface area contributed by atoms with Crippen molar-refractivity contribution in [3.05, 3.63) is 23.8 Å². The molecule has 6 nitrogen and oxygen atoms in total. The number of benzene rings is 1. The van der Waals surface area contributed by atoms with Crippen LogP contribution in [0.5, 0.6) is 0 Å². The summed E-state index contributed by atoms with van der Waals surface area (Å²) < 4.78 is 27.6. The molecular weight excluding hydrogens is 252 g/mol. The fourth-order valence-corrected chi connectivity index (χ4v) is 2.76. The van der Waals surface area contributed by atoms with Gasteiger partial charge < -0.3 is 5.73 Å². The second-order valence-corrected chi connectivity index (χ2v) is 5.28. The zero-order chi connectivity index (χ0) is 13.8. The van der Waals surface area contributed by atoms with Gasteiger partial charge in [-0.2, -0.15) is 18.0 Å². The maximum absolute atomic E-state index is 12.0. The Kier molecular flexibility index (Phi) is 4.53. The van der Waals surface area contributed by atoms with Crippen molar-refractivity contribution in [1.82, 2.24) is 4.31 Å². The van der Waals surface area contributed by atoms with Gasteiger partial charge in [0.1, 0.15) is 0 Å². The summed E-state index contributed by atoms with van der Waals surface area (Å²) in [4.78, 5) is 0. The van der Waals surface area contributed by atoms with Crippen molar-refractivity contribution in [2.45, 2.75) is 13.8 Å². The highest BCUT2D eigenvalue weighted by atomic mass is 32.2. The summed E-state index contributed by atoms with van der Waals surface area (Å²) in [5.74, 6) is 0. The molecule has 0 saturated carbocycles. The predicted octanol–water partition coefficient (Wildman–Crippen LogP) is 1.14. The topological polar surface area (TPSA) is 99.2 Å². The number of nitrogens with two attached hydrogens (primary N) is 1. The molecule has 0 saturated heterocycles. The second kappa shape index (κ2) is 5.71. The molecule has 0 fully saturated rings. The zero-order valence-corrected chi connectivity index (χ0v) is 11.2. The molecule has 0 bridgehead atoms. The molecular formula is C11H16N4O2S. The second-order valence-electron chi connectivity index (χ2n) is 3.61. The minimum absolute atomic E-state index is 0.227. The van der Waals surface area contributed by atoms with Crippen molar-refractivity contribution < 1.29 is 8.42 Å². The predicted molar refractivity (Wildman–Crippen MR) is 71.0 cm³/mol. The lowest BCUT2D eigenvalue weighted by atomic mass is 10.2. The summed E-state index contributed by atoms with van der Waals surface area (Å²) in [6, 6.07) is 6.36. The molecule has 0 heterocycles. The summed E-state index contributed by atoms with van der Waals surface area (Å²) in [7, 11) is -3.60. The summed E-state index contributed by atoms with van der Waals surface area (Å²) >= 11 is 0. The molecule has 0 unspecified atom stereocenters. The van der Waals surface area contributed by atoms with Crippen LogP contribution >= 0.6 is 0 Å². The summed E-state index contributed by atoms with van der Waals surface area (Å²) in [6.45, 7) is 4.26. The molecule has 0 aliphatic heterocycles. The van der Waals surface area contributed by atoms with E-state index < -0.39 is 10.2 Å². The van der Waals surface area contributed by atoms with Gasteiger partial charge in [-0.05, 0) is 18.2 Å². The van der Waals surface area contributed by atoms with Crippen LogP contribution in [0, 0.1) is 11.3 Å². The van der Waals surface area contributed by atoms with Gasteiger partial charge in [-0.1, -0.05) is 13.8 Å². The van der Waals surface area contributed by atoms with E-state index in [4.69, 9.17) is 11.0 Å². The molecule has 1 rings (SSSR count). The van der Waals surface area contributed by atoms with Crippen LogP contribution in [0.3, 0.4) is 0 Å². The highest BCUT2D eigenvalue weighted by molar-refractivity contribution is 7.90. The lowest BCUT2D eigenvalue weighted by molar-refractivity contribution is 0.449. The van der Waals surface area contributed by atoms with Gasteiger partial charge in [0.15, 0.2) is 0 Å². The first kappa shape index (κ1) is 14.3. The molecule has 0 amide bonds. The molecule has 7 heteroatoms. The average Bonchev–Trinajstić information content (AvgIpc) is 2.32. The first-order chi connectivity index (χ1) is 8.44. The van der Waals surface area contributed by atoms with E-state index in [0.717, 1.165) is 0 Å². The third-order valence-corrected chi connectivity index (χ3v) is 4.14. The first-order valence-electron chi connectivity index (χ1n) is 5.52. The maximum atomic E-state index is 12.0. The minimum atomic E-state index is -3.60. The monoisotopic (exact) mass is 268 g/mol. The zero-order valence-electron chi connectivity index (χ0n) is 10.3. The summed E-state index contributed by atoms with van der Waals surface area (Å²) in [5, 5.41) is 8.70. The molecule has 1 aromatic rings. The lowest BCUT2D eigenvalue weighted by Crippen LogP contribution is -2.35. The number of hydrogen-bond acceptors (Lipinski definition) is 4. The van der Waals surface area contributed by atoms with Crippen LogP contribution in [-0.2, 0) is 10.2 Å². The van der Waals surface area contributed by atoms with Gasteiger partial charge in [0, 0.05) is 13.1 Å². The number of nitriles is 1. The van der Waals surface area contributed by atoms with Crippen molar-refractivity contribution >= 4 is 21.6 Å². The molecule has 0 atom stereocenters. The van der Waals surface area contributed by atoms with E-state index in [9.17, 15) is 8.42 Å². The Morgan fingerprint density at radius 3 is 2.44 bits per heavy atom. The van der Waals surface area contributed by atoms with Crippen molar-refractivity contribution in [2.24, 2.45) is 0 Å². The lowest BCUT2D eigenvalue weighted by Gasteiger charge is -2.20. The Labute approximate surface area is 107 Å². The molecule has 0 aliphatic rings. The van der Waals surface area contributed by atoms with Crippen LogP contribution in [0.4, 0.5) is 11.4 Å². The number of nitrogens with one attached hydrogen (secondary N) is 1. The summed E-state index contributed by atoms with van der Waals surface area (Å²) in [6.07, 6.45) is 0. The van der Waals surface area contributed by atoms with Crippen LogP contribution in [-0.4, -0.2) is 25.8 Å². The Balaban J connectivity index is 3.02. The van der Waals surface area contributed by atoms with E-state index in [0.29, 0.717) is 18.7 Å². The number of nitrogens with zero attached hydrogens (tertiary/aromatic N) is 2. The number of nitrogen functional groups attached to an aromatic ring is 1. The molecule has 0 aliphatic carbocycles. The van der Waals surface area contributed by atoms with Crippen LogP contribution in [0.2, 0.25) is 0 Å². The van der Waals surface area contributed by atoms with Gasteiger partial charge in [-0.3, -0.25) is 4.72 Å². The number of hydrogen-bond donors (Lipinski definition) is 2. The Morgan fingerprint density at radius 1 is 1.39 bits per heavy atom. The number of rotatable bonds is 5. The van der Waals surface area contributed by atoms with Gasteiger partial charge >= 0.3 is 10.2 Å². The van der Waals surface area contributed by atoms with Crippen molar-refractivity contribution in [1.29, 1.82) is 5.26 Å². The highest BCUT2D eigenvalue weighted by Gasteiger charge is 2.19. The fourth-order valence-electron chi connectivity index (χ4n) is 1.49. The average molecular weight is 268 g/mol. The largest absolute Gasteiger partial charge is 0.397 e. The highest BCUT2D eigenvalue weighted by Crippen LogP contribution is 2.21. The Bertz CT molecular complexity index is 559. The van der Waals surface area contributed by atoms with Crippen molar-refractivity contribution in [3.63, 3.8) is 0 Å². The first-order valence-corrected chi connectivity index (χ1v) is 6.96. The Morgan fingerprint density at radius 2 is 2.00 bits per heavy atom. The third kappa shape index (κ3) is 3.12. The van der Waals surface area contributed by atoms with E-state index in [1.54, 1.807) is 13.8 Å². The van der Waals surface area contributed by atoms with E-state index in [1.807, 2.05) is 6.07 Å². The van der Waals surface area contributed by atoms with Gasteiger partial charge in [-0.25, -0.2) is 0 Å². The molecule has 1 aromatic carbocycles. The number of anilines is 2. The van der Waals surface area contributed by atoms with E-state index in [-0.39, 0.29) is 11.4 Å². The van der Waals surface area contributed by atoms with Crippen LogP contribution in [0.1, 0.15) is 19.4 Å². The summed E-state index contributed by atoms with van der Waals surface area (Å²) in [5.41, 5.74) is 6.58. The van der Waals surface area contributed by atoms with Gasteiger partial charge in [-0.15, -0.1) is 0 Å². The van der Waals surface area contributed by atoms with Crippen molar-refractivity contribution in [3.8, 4) is 6.07 Å². The Hall–Kier alpha value is -1.78. The molecule has 98 valence electrons. The van der Waals surface area contributed by atoms with Crippen LogP contribution < -0.4 is 10.5 Å². The minimum Gasteiger partial charge on any atom is -0.397 e. The smallest absolute Gasteiger partial charge is 0.301 e. The van der Waals surface area contributed by atoms with Gasteiger partial charge in [0.05, 0.1) is 23.0 Å². The molecule has 0 spiro atoms. The van der Waals surface area contributed by atoms with E-state index in [1.165, 1.54) is 22.5 Å². The fraction of sp³-hybridized carbons (Fsp3) is 0.364. The van der Waals surface area contributed by atoms with Crippen LogP contribution in [0.25, 0.3) is 0 Å². The standard InChI is InChI=1S/C11H16N4O2S/c1-3-15(4-2)18(16,17)14-11-6-5-9(8-12)7-10(11)13/h5-7,14H,3-4,13H2,1-2H3. The molecule has 0 radical (unpaired) electrons. The maximum Gasteiger partial charge on any atom is 0.301 e. The van der Waals surface area contributed by atoms with Gasteiger partial charge in [0.25, 0.3) is 0 Å².